The van der Waals surface area contributed by atoms with Crippen molar-refractivity contribution in [3.63, 3.8) is 0 Å². The maximum atomic E-state index is 12.4. The van der Waals surface area contributed by atoms with E-state index in [4.69, 9.17) is 4.74 Å². The van der Waals surface area contributed by atoms with Crippen LogP contribution < -0.4 is 10.6 Å². The number of rotatable bonds is 10. The van der Waals surface area contributed by atoms with E-state index in [1.54, 1.807) is 0 Å². The fraction of sp³-hybridized carbons (Fsp3) is 0.423. The van der Waals surface area contributed by atoms with Gasteiger partial charge in [-0.1, -0.05) is 48.5 Å². The Morgan fingerprint density at radius 1 is 1.00 bits per heavy atom. The Morgan fingerprint density at radius 3 is 2.18 bits per heavy atom. The van der Waals surface area contributed by atoms with E-state index < -0.39 is 18.1 Å². The van der Waals surface area contributed by atoms with Gasteiger partial charge in [-0.3, -0.25) is 4.79 Å². The molecule has 2 aliphatic carbocycles. The van der Waals surface area contributed by atoms with Gasteiger partial charge in [0.1, 0.15) is 12.6 Å². The first-order valence-electron chi connectivity index (χ1n) is 11.6. The van der Waals surface area contributed by atoms with Gasteiger partial charge in [0.05, 0.1) is 0 Å². The van der Waals surface area contributed by atoms with Crippen LogP contribution in [0.15, 0.2) is 48.5 Å². The van der Waals surface area contributed by atoms with Crippen molar-refractivity contribution in [2.45, 2.75) is 57.0 Å². The predicted molar refractivity (Wildman–Crippen MR) is 124 cm³/mol. The van der Waals surface area contributed by atoms with E-state index in [1.807, 2.05) is 31.2 Å². The molecule has 174 valence electrons. The van der Waals surface area contributed by atoms with Gasteiger partial charge in [-0.15, -0.1) is 0 Å². The molecule has 3 N–H and O–H groups in total. The van der Waals surface area contributed by atoms with E-state index in [-0.39, 0.29) is 36.8 Å². The fourth-order valence-electron chi connectivity index (χ4n) is 4.54. The van der Waals surface area contributed by atoms with Crippen molar-refractivity contribution in [1.82, 2.24) is 10.6 Å². The molecule has 2 aromatic carbocycles. The van der Waals surface area contributed by atoms with Crippen molar-refractivity contribution < 1.29 is 24.2 Å². The number of carbonyl (C=O) groups excluding carboxylic acids is 2. The molecule has 0 bridgehead atoms. The van der Waals surface area contributed by atoms with Crippen LogP contribution in [0.2, 0.25) is 0 Å². The summed E-state index contributed by atoms with van der Waals surface area (Å²) in [5.74, 6) is -1.17. The van der Waals surface area contributed by atoms with Crippen LogP contribution in [0, 0.1) is 5.92 Å². The zero-order chi connectivity index (χ0) is 23.4. The lowest BCUT2D eigenvalue weighted by atomic mass is 9.98. The second kappa shape index (κ2) is 10.1. The quantitative estimate of drug-likeness (QED) is 0.506. The minimum absolute atomic E-state index is 0.0100. The number of carbonyl (C=O) groups is 3. The van der Waals surface area contributed by atoms with Gasteiger partial charge in [-0.25, -0.2) is 9.59 Å². The lowest BCUT2D eigenvalue weighted by molar-refractivity contribution is -0.142. The van der Waals surface area contributed by atoms with E-state index in [1.165, 1.54) is 11.1 Å². The summed E-state index contributed by atoms with van der Waals surface area (Å²) in [5.41, 5.74) is 4.69. The molecule has 2 unspecified atom stereocenters. The number of alkyl carbamates (subject to hydrolysis) is 1. The Bertz CT molecular complexity index is 987. The maximum absolute atomic E-state index is 12.4. The first-order valence-corrected chi connectivity index (χ1v) is 11.6. The Balaban J connectivity index is 1.20. The van der Waals surface area contributed by atoms with E-state index in [0.29, 0.717) is 12.8 Å². The number of carboxylic acid groups (broad SMARTS) is 1. The third-order valence-corrected chi connectivity index (χ3v) is 6.42. The summed E-state index contributed by atoms with van der Waals surface area (Å²) in [7, 11) is 0. The zero-order valence-corrected chi connectivity index (χ0v) is 18.8. The van der Waals surface area contributed by atoms with Crippen molar-refractivity contribution in [3.8, 4) is 11.1 Å². The third-order valence-electron chi connectivity index (χ3n) is 6.42. The van der Waals surface area contributed by atoms with Crippen LogP contribution in [0.1, 0.15) is 56.1 Å². The van der Waals surface area contributed by atoms with Gasteiger partial charge in [0.25, 0.3) is 0 Å². The molecule has 2 atom stereocenters. The highest BCUT2D eigenvalue weighted by Gasteiger charge is 2.37. The summed E-state index contributed by atoms with van der Waals surface area (Å²) in [6.07, 6.45) is 2.59. The number of hydrogen-bond acceptors (Lipinski definition) is 4. The van der Waals surface area contributed by atoms with E-state index >= 15 is 0 Å². The molecule has 1 saturated carbocycles. The summed E-state index contributed by atoms with van der Waals surface area (Å²) in [4.78, 5) is 35.7. The predicted octanol–water partition coefficient (Wildman–Crippen LogP) is 4.06. The highest BCUT2D eigenvalue weighted by molar-refractivity contribution is 5.84. The van der Waals surface area contributed by atoms with Gasteiger partial charge in [0.2, 0.25) is 5.91 Å². The molecule has 4 rings (SSSR count). The lowest BCUT2D eigenvalue weighted by Gasteiger charge is -2.17. The molecule has 0 radical (unpaired) electrons. The minimum atomic E-state index is -0.976. The molecule has 33 heavy (non-hydrogen) atoms. The summed E-state index contributed by atoms with van der Waals surface area (Å²) in [5, 5.41) is 14.6. The largest absolute Gasteiger partial charge is 0.480 e. The van der Waals surface area contributed by atoms with Gasteiger partial charge >= 0.3 is 12.1 Å². The van der Waals surface area contributed by atoms with E-state index in [0.717, 1.165) is 24.0 Å². The summed E-state index contributed by atoms with van der Waals surface area (Å²) in [6, 6.07) is 15.4. The molecule has 7 nitrogen and oxygen atoms in total. The molecule has 2 aromatic rings. The highest BCUT2D eigenvalue weighted by atomic mass is 16.5. The van der Waals surface area contributed by atoms with Crippen molar-refractivity contribution >= 4 is 18.0 Å². The molecule has 0 heterocycles. The van der Waals surface area contributed by atoms with Crippen LogP contribution >= 0.6 is 0 Å². The smallest absolute Gasteiger partial charge is 0.407 e. The molecule has 0 aromatic heterocycles. The van der Waals surface area contributed by atoms with Crippen LogP contribution in [0.4, 0.5) is 4.79 Å². The SMILES string of the molecule is CC(CCCC(=O)NC(C(=O)O)C1CC1)NC(=O)OCC1c2ccccc2-c2ccccc21. The van der Waals surface area contributed by atoms with Crippen LogP contribution in [0.5, 0.6) is 0 Å². The normalized spacial score (nSPS) is 16.3. The van der Waals surface area contributed by atoms with Gasteiger partial charge in [-0.05, 0) is 60.8 Å². The first kappa shape index (κ1) is 22.8. The van der Waals surface area contributed by atoms with Gasteiger partial charge in [-0.2, -0.15) is 0 Å². The molecule has 0 spiro atoms. The van der Waals surface area contributed by atoms with Crippen LogP contribution in [0.3, 0.4) is 0 Å². The van der Waals surface area contributed by atoms with Gasteiger partial charge in [0, 0.05) is 18.4 Å². The van der Waals surface area contributed by atoms with Crippen molar-refractivity contribution in [2.24, 2.45) is 5.92 Å². The first-order chi connectivity index (χ1) is 15.9. The number of fused-ring (bicyclic) bond motifs is 3. The number of amides is 2. The Labute approximate surface area is 193 Å². The van der Waals surface area contributed by atoms with Gasteiger partial charge in [0.15, 0.2) is 0 Å². The molecule has 0 aliphatic heterocycles. The number of hydrogen-bond donors (Lipinski definition) is 3. The van der Waals surface area contributed by atoms with Crippen LogP contribution in [-0.2, 0) is 14.3 Å². The van der Waals surface area contributed by atoms with E-state index in [2.05, 4.69) is 34.9 Å². The average Bonchev–Trinajstić information content (AvgIpc) is 3.58. The highest BCUT2D eigenvalue weighted by Crippen LogP contribution is 2.44. The number of aliphatic carboxylic acids is 1. The zero-order valence-electron chi connectivity index (χ0n) is 18.8. The number of benzene rings is 2. The molecule has 7 heteroatoms. The number of carboxylic acids is 1. The monoisotopic (exact) mass is 450 g/mol. The summed E-state index contributed by atoms with van der Waals surface area (Å²) >= 11 is 0. The fourth-order valence-corrected chi connectivity index (χ4v) is 4.54. The second-order valence-corrected chi connectivity index (χ2v) is 8.98. The molecular weight excluding hydrogens is 420 g/mol. The van der Waals surface area contributed by atoms with Crippen molar-refractivity contribution in [1.29, 1.82) is 0 Å². The standard InChI is InChI=1S/C26H30N2O5/c1-16(7-6-12-23(29)28-24(25(30)31)17-13-14-17)27-26(32)33-15-22-20-10-4-2-8-18(20)19-9-3-5-11-21(19)22/h2-5,8-11,16-17,22,24H,6-7,12-15H2,1H3,(H,27,32)(H,28,29)(H,30,31). The molecular formula is C26H30N2O5. The lowest BCUT2D eigenvalue weighted by Crippen LogP contribution is -2.42. The van der Waals surface area contributed by atoms with Gasteiger partial charge < -0.3 is 20.5 Å². The Kier molecular flexibility index (Phi) is 6.96. The topological polar surface area (TPSA) is 105 Å². The van der Waals surface area contributed by atoms with Crippen LogP contribution in [-0.4, -0.2) is 41.8 Å². The molecule has 2 amide bonds. The maximum Gasteiger partial charge on any atom is 0.407 e. The number of nitrogens with one attached hydrogen (secondary N) is 2. The van der Waals surface area contributed by atoms with Crippen molar-refractivity contribution in [3.05, 3.63) is 59.7 Å². The summed E-state index contributed by atoms with van der Waals surface area (Å²) in [6.45, 7) is 2.12. The molecule has 0 saturated heterocycles. The second-order valence-electron chi connectivity index (χ2n) is 8.98. The summed E-state index contributed by atoms with van der Waals surface area (Å²) < 4.78 is 5.56. The molecule has 1 fully saturated rings. The molecule has 2 aliphatic rings. The van der Waals surface area contributed by atoms with Crippen LogP contribution in [0.25, 0.3) is 11.1 Å². The Morgan fingerprint density at radius 2 is 1.61 bits per heavy atom. The van der Waals surface area contributed by atoms with E-state index in [9.17, 15) is 19.5 Å². The Hall–Kier alpha value is -3.35. The van der Waals surface area contributed by atoms with Crippen molar-refractivity contribution in [2.75, 3.05) is 6.61 Å². The third kappa shape index (κ3) is 5.53. The average molecular weight is 451 g/mol. The number of ether oxygens (including phenoxy) is 1. The minimum Gasteiger partial charge on any atom is -0.480 e.